The number of nitrogens with one attached hydrogen (secondary N) is 1. The minimum atomic E-state index is -0.747. The molecule has 3 aromatic rings. The maximum absolute atomic E-state index is 14.1. The molecule has 1 heterocycles. The maximum Gasteiger partial charge on any atom is 0.258 e. The Morgan fingerprint density at radius 3 is 2.49 bits per heavy atom. The van der Waals surface area contributed by atoms with Crippen molar-refractivity contribution >= 4 is 46.3 Å². The van der Waals surface area contributed by atoms with Gasteiger partial charge in [0.1, 0.15) is 11.6 Å². The van der Waals surface area contributed by atoms with Crippen molar-refractivity contribution in [3.8, 4) is 0 Å². The van der Waals surface area contributed by atoms with Crippen molar-refractivity contribution in [1.82, 2.24) is 0 Å². The van der Waals surface area contributed by atoms with E-state index in [1.807, 2.05) is 38.1 Å². The highest BCUT2D eigenvalue weighted by Crippen LogP contribution is 2.50. The zero-order chi connectivity index (χ0) is 24.9. The number of para-hydroxylation sites is 2. The number of hydrogen-bond donors (Lipinski definition) is 1. The average molecular weight is 509 g/mol. The molecule has 0 radical (unpaired) electrons. The van der Waals surface area contributed by atoms with Gasteiger partial charge in [0.2, 0.25) is 0 Å². The molecule has 0 saturated carbocycles. The topological polar surface area (TPSA) is 49.4 Å². The van der Waals surface area contributed by atoms with Crippen LogP contribution >= 0.6 is 23.2 Å². The highest BCUT2D eigenvalue weighted by Gasteiger charge is 2.47. The molecule has 2 aliphatic rings. The van der Waals surface area contributed by atoms with Crippen LogP contribution in [0, 0.1) is 17.2 Å². The zero-order valence-corrected chi connectivity index (χ0v) is 20.7. The van der Waals surface area contributed by atoms with Crippen molar-refractivity contribution < 1.29 is 14.0 Å². The summed E-state index contributed by atoms with van der Waals surface area (Å²) in [6.45, 7) is 4.02. The van der Waals surface area contributed by atoms with Gasteiger partial charge >= 0.3 is 0 Å². The second-order valence-corrected chi connectivity index (χ2v) is 10.5. The Labute approximate surface area is 213 Å². The summed E-state index contributed by atoms with van der Waals surface area (Å²) < 4.78 is 13.7. The molecule has 0 unspecified atom stereocenters. The van der Waals surface area contributed by atoms with Crippen molar-refractivity contribution in [3.05, 3.63) is 105 Å². The van der Waals surface area contributed by atoms with Gasteiger partial charge in [-0.15, -0.1) is 0 Å². The van der Waals surface area contributed by atoms with E-state index in [1.165, 1.54) is 24.3 Å². The first-order chi connectivity index (χ1) is 16.6. The van der Waals surface area contributed by atoms with Crippen molar-refractivity contribution in [2.24, 2.45) is 11.3 Å². The Bertz CT molecular complexity index is 1370. The molecule has 178 valence electrons. The van der Waals surface area contributed by atoms with Gasteiger partial charge in [0.25, 0.3) is 5.91 Å². The molecule has 5 rings (SSSR count). The summed E-state index contributed by atoms with van der Waals surface area (Å²) in [5, 5.41) is 4.25. The number of nitrogens with zero attached hydrogens (tertiary/aromatic N) is 1. The number of allylic oxidation sites excluding steroid dienone is 1. The highest BCUT2D eigenvalue weighted by atomic mass is 35.5. The van der Waals surface area contributed by atoms with E-state index >= 15 is 0 Å². The SMILES string of the molecule is CC1(C)C=C2Nc3ccccc3N(C(=O)c3ccc(F)cc3)[C@@H](c3ccc(Cl)cc3Cl)[C@@H]2C(=O)C1. The number of carbonyl (C=O) groups is 2. The number of fused-ring (bicyclic) bond motifs is 2. The van der Waals surface area contributed by atoms with Crippen LogP contribution in [0.4, 0.5) is 15.8 Å². The fourth-order valence-electron chi connectivity index (χ4n) is 5.03. The molecule has 0 fully saturated rings. The lowest BCUT2D eigenvalue weighted by atomic mass is 9.72. The van der Waals surface area contributed by atoms with Crippen LogP contribution in [0.5, 0.6) is 0 Å². The number of hydrogen-bond acceptors (Lipinski definition) is 3. The number of benzene rings is 3. The highest BCUT2D eigenvalue weighted by molar-refractivity contribution is 6.35. The molecule has 4 nitrogen and oxygen atoms in total. The van der Waals surface area contributed by atoms with Crippen LogP contribution in [-0.2, 0) is 4.79 Å². The quantitative estimate of drug-likeness (QED) is 0.391. The van der Waals surface area contributed by atoms with Gasteiger partial charge in [-0.05, 0) is 59.5 Å². The molecule has 0 saturated heterocycles. The standard InChI is InChI=1S/C28H23Cl2FN2O2/c1-28(2)14-22-25(24(34)15-28)26(19-12-9-17(29)13-20(19)30)33(23-6-4-3-5-21(23)32-22)27(35)16-7-10-18(31)11-8-16/h3-14,25-26,32H,15H2,1-2H3/t25-,26-/m0/s1. The minimum Gasteiger partial charge on any atom is -0.357 e. The van der Waals surface area contributed by atoms with Crippen molar-refractivity contribution in [1.29, 1.82) is 0 Å². The van der Waals surface area contributed by atoms with Crippen LogP contribution in [-0.4, -0.2) is 11.7 Å². The third-order valence-corrected chi connectivity index (χ3v) is 7.05. The number of ketones is 1. The second-order valence-electron chi connectivity index (χ2n) is 9.64. The van der Waals surface area contributed by atoms with Gasteiger partial charge in [-0.3, -0.25) is 14.5 Å². The Hall–Kier alpha value is -3.15. The largest absolute Gasteiger partial charge is 0.357 e. The normalized spacial score (nSPS) is 20.8. The predicted octanol–water partition coefficient (Wildman–Crippen LogP) is 7.45. The fraction of sp³-hybridized carbons (Fsp3) is 0.214. The van der Waals surface area contributed by atoms with Crippen molar-refractivity contribution in [2.45, 2.75) is 26.3 Å². The molecule has 1 amide bonds. The van der Waals surface area contributed by atoms with Gasteiger partial charge in [0.05, 0.1) is 23.3 Å². The summed E-state index contributed by atoms with van der Waals surface area (Å²) in [4.78, 5) is 29.4. The van der Waals surface area contributed by atoms with Gasteiger partial charge in [0, 0.05) is 27.7 Å². The van der Waals surface area contributed by atoms with Gasteiger partial charge in [0.15, 0.2) is 0 Å². The first-order valence-corrected chi connectivity index (χ1v) is 12.1. The second kappa shape index (κ2) is 8.81. The van der Waals surface area contributed by atoms with E-state index in [4.69, 9.17) is 23.2 Å². The number of amides is 1. The van der Waals surface area contributed by atoms with Crippen LogP contribution in [0.3, 0.4) is 0 Å². The molecule has 0 bridgehead atoms. The number of rotatable bonds is 2. The molecule has 0 aromatic heterocycles. The minimum absolute atomic E-state index is 0.000675. The Morgan fingerprint density at radius 1 is 1.06 bits per heavy atom. The lowest BCUT2D eigenvalue weighted by molar-refractivity contribution is -0.124. The molecule has 2 atom stereocenters. The summed E-state index contributed by atoms with van der Waals surface area (Å²) in [7, 11) is 0. The van der Waals surface area contributed by atoms with Crippen LogP contribution in [0.25, 0.3) is 0 Å². The summed E-state index contributed by atoms with van der Waals surface area (Å²) >= 11 is 12.9. The van der Waals surface area contributed by atoms with E-state index < -0.39 is 17.8 Å². The molecule has 1 N–H and O–H groups in total. The van der Waals surface area contributed by atoms with Crippen LogP contribution in [0.15, 0.2) is 78.5 Å². The summed E-state index contributed by atoms with van der Waals surface area (Å²) in [6, 6.07) is 17.1. The number of halogens is 3. The van der Waals surface area contributed by atoms with E-state index in [-0.39, 0.29) is 17.1 Å². The van der Waals surface area contributed by atoms with Gasteiger partial charge in [-0.25, -0.2) is 4.39 Å². The monoisotopic (exact) mass is 508 g/mol. The molecule has 35 heavy (non-hydrogen) atoms. The van der Waals surface area contributed by atoms with E-state index in [1.54, 1.807) is 23.1 Å². The van der Waals surface area contributed by atoms with Crippen LogP contribution in [0.2, 0.25) is 10.0 Å². The zero-order valence-electron chi connectivity index (χ0n) is 19.2. The van der Waals surface area contributed by atoms with Crippen LogP contribution in [0.1, 0.15) is 42.2 Å². The Morgan fingerprint density at radius 2 is 1.77 bits per heavy atom. The Kier molecular flexibility index (Phi) is 5.94. The summed E-state index contributed by atoms with van der Waals surface area (Å²) in [6.07, 6.45) is 2.39. The third-order valence-electron chi connectivity index (χ3n) is 6.49. The Balaban J connectivity index is 1.80. The fourth-order valence-corrected chi connectivity index (χ4v) is 5.55. The average Bonchev–Trinajstić information content (AvgIpc) is 2.92. The van der Waals surface area contributed by atoms with E-state index in [9.17, 15) is 14.0 Å². The number of anilines is 2. The summed E-state index contributed by atoms with van der Waals surface area (Å²) in [5.41, 5.74) is 2.57. The van der Waals surface area contributed by atoms with Crippen LogP contribution < -0.4 is 10.2 Å². The molecule has 1 aliphatic carbocycles. The summed E-state index contributed by atoms with van der Waals surface area (Å²) in [5.74, 6) is -1.49. The van der Waals surface area contributed by atoms with E-state index in [2.05, 4.69) is 11.4 Å². The first-order valence-electron chi connectivity index (χ1n) is 11.3. The number of Topliss-reactive ketones (excluding diaryl/α,β-unsaturated/α-hetero) is 1. The molecular weight excluding hydrogens is 486 g/mol. The van der Waals surface area contributed by atoms with Gasteiger partial charge in [-0.2, -0.15) is 0 Å². The van der Waals surface area contributed by atoms with Gasteiger partial charge < -0.3 is 5.32 Å². The molecule has 3 aromatic carbocycles. The molecular formula is C28H23Cl2FN2O2. The lowest BCUT2D eigenvalue weighted by Gasteiger charge is -2.39. The molecule has 7 heteroatoms. The smallest absolute Gasteiger partial charge is 0.258 e. The lowest BCUT2D eigenvalue weighted by Crippen LogP contribution is -2.43. The van der Waals surface area contributed by atoms with Crippen molar-refractivity contribution in [3.63, 3.8) is 0 Å². The first kappa shape index (κ1) is 23.6. The number of carbonyl (C=O) groups excluding carboxylic acids is 2. The molecule has 1 aliphatic heterocycles. The maximum atomic E-state index is 14.1. The van der Waals surface area contributed by atoms with E-state index in [0.717, 1.165) is 5.70 Å². The van der Waals surface area contributed by atoms with Crippen molar-refractivity contribution in [2.75, 3.05) is 10.2 Å². The van der Waals surface area contributed by atoms with Gasteiger partial charge in [-0.1, -0.05) is 61.3 Å². The third kappa shape index (κ3) is 4.35. The molecule has 0 spiro atoms. The van der Waals surface area contributed by atoms with E-state index in [0.29, 0.717) is 39.0 Å². The predicted molar refractivity (Wildman–Crippen MR) is 137 cm³/mol.